The van der Waals surface area contributed by atoms with Crippen molar-refractivity contribution in [3.8, 4) is 0 Å². The highest BCUT2D eigenvalue weighted by Crippen LogP contribution is 2.47. The van der Waals surface area contributed by atoms with Crippen LogP contribution >= 0.6 is 0 Å². The number of hydrogen-bond acceptors (Lipinski definition) is 5. The second kappa shape index (κ2) is 6.57. The van der Waals surface area contributed by atoms with Gasteiger partial charge in [0.15, 0.2) is 0 Å². The summed E-state index contributed by atoms with van der Waals surface area (Å²) in [6, 6.07) is 6.17. The fourth-order valence-corrected chi connectivity index (χ4v) is 4.83. The minimum absolute atomic E-state index is 0.0197. The summed E-state index contributed by atoms with van der Waals surface area (Å²) in [4.78, 5) is 10.4. The van der Waals surface area contributed by atoms with Gasteiger partial charge in [0, 0.05) is 18.1 Å². The Bertz CT molecular complexity index is 675. The molecule has 2 rings (SSSR count). The monoisotopic (exact) mass is 341 g/mol. The first-order valence-corrected chi connectivity index (χ1v) is 9.27. The molecule has 128 valence electrons. The highest BCUT2D eigenvalue weighted by molar-refractivity contribution is 7.87. The van der Waals surface area contributed by atoms with Crippen LogP contribution in [0.1, 0.15) is 45.6 Å². The molecule has 1 saturated carbocycles. The Labute approximate surface area is 137 Å². The summed E-state index contributed by atoms with van der Waals surface area (Å²) in [5.41, 5.74) is 0.663. The van der Waals surface area contributed by atoms with Gasteiger partial charge in [-0.1, -0.05) is 39.8 Å². The van der Waals surface area contributed by atoms with E-state index in [9.17, 15) is 18.5 Å². The van der Waals surface area contributed by atoms with Crippen molar-refractivity contribution in [1.82, 2.24) is 0 Å². The van der Waals surface area contributed by atoms with Gasteiger partial charge in [-0.05, 0) is 23.8 Å². The lowest BCUT2D eigenvalue weighted by molar-refractivity contribution is -0.384. The molecule has 1 aliphatic rings. The van der Waals surface area contributed by atoms with Gasteiger partial charge in [-0.2, -0.15) is 8.42 Å². The predicted octanol–water partition coefficient (Wildman–Crippen LogP) is 3.48. The maximum atomic E-state index is 12.5. The van der Waals surface area contributed by atoms with E-state index in [-0.39, 0.29) is 29.5 Å². The third-order valence-electron chi connectivity index (χ3n) is 4.17. The Hall–Kier alpha value is -1.47. The number of non-ortho nitro benzene ring substituents is 1. The van der Waals surface area contributed by atoms with Crippen LogP contribution in [0.2, 0.25) is 0 Å². The lowest BCUT2D eigenvalue weighted by atomic mass is 9.97. The molecule has 1 fully saturated rings. The Balaban J connectivity index is 2.13. The zero-order chi connectivity index (χ0) is 17.4. The van der Waals surface area contributed by atoms with E-state index in [4.69, 9.17) is 4.18 Å². The molecule has 2 unspecified atom stereocenters. The number of rotatable bonds is 7. The second-order valence-electron chi connectivity index (χ2n) is 6.77. The van der Waals surface area contributed by atoms with Crippen molar-refractivity contribution in [2.24, 2.45) is 11.8 Å². The quantitative estimate of drug-likeness (QED) is 0.430. The topological polar surface area (TPSA) is 86.5 Å². The van der Waals surface area contributed by atoms with Crippen molar-refractivity contribution in [1.29, 1.82) is 0 Å². The van der Waals surface area contributed by atoms with E-state index in [1.54, 1.807) is 12.1 Å². The molecular weight excluding hydrogens is 318 g/mol. The summed E-state index contributed by atoms with van der Waals surface area (Å²) < 4.78 is 30.4. The highest BCUT2D eigenvalue weighted by atomic mass is 32.2. The van der Waals surface area contributed by atoms with Gasteiger partial charge in [-0.25, -0.2) is 0 Å². The van der Waals surface area contributed by atoms with E-state index < -0.39 is 20.3 Å². The molecule has 0 aromatic heterocycles. The molecule has 2 atom stereocenters. The van der Waals surface area contributed by atoms with E-state index in [0.29, 0.717) is 12.0 Å². The van der Waals surface area contributed by atoms with Crippen molar-refractivity contribution < 1.29 is 17.5 Å². The fraction of sp³-hybridized carbons (Fsp3) is 0.625. The minimum atomic E-state index is -3.68. The molecule has 7 heteroatoms. The minimum Gasteiger partial charge on any atom is -0.266 e. The summed E-state index contributed by atoms with van der Waals surface area (Å²) in [5.74, 6) is -0.0283. The fourth-order valence-electron chi connectivity index (χ4n) is 2.93. The second-order valence-corrected chi connectivity index (χ2v) is 8.56. The van der Waals surface area contributed by atoms with Crippen LogP contribution in [0.15, 0.2) is 24.3 Å². The molecule has 1 aromatic rings. The van der Waals surface area contributed by atoms with Crippen LogP contribution < -0.4 is 0 Å². The third-order valence-corrected chi connectivity index (χ3v) is 5.92. The van der Waals surface area contributed by atoms with E-state index in [2.05, 4.69) is 0 Å². The van der Waals surface area contributed by atoms with Crippen LogP contribution in [0.5, 0.6) is 0 Å². The molecule has 23 heavy (non-hydrogen) atoms. The summed E-state index contributed by atoms with van der Waals surface area (Å²) in [6.45, 7) is 7.74. The molecule has 1 aromatic carbocycles. The molecule has 0 amide bonds. The van der Waals surface area contributed by atoms with Gasteiger partial charge in [-0.3, -0.25) is 14.3 Å². The number of nitro benzene ring substituents is 1. The zero-order valence-corrected chi connectivity index (χ0v) is 14.6. The van der Waals surface area contributed by atoms with Crippen LogP contribution in [0.4, 0.5) is 5.69 Å². The number of nitrogens with zero attached hydrogens (tertiary/aromatic N) is 1. The maximum absolute atomic E-state index is 12.5. The van der Waals surface area contributed by atoms with Crippen LogP contribution in [0.3, 0.4) is 0 Å². The number of benzene rings is 1. The van der Waals surface area contributed by atoms with Gasteiger partial charge in [0.1, 0.15) is 0 Å². The van der Waals surface area contributed by atoms with Crippen molar-refractivity contribution >= 4 is 15.8 Å². The Morgan fingerprint density at radius 2 is 1.83 bits per heavy atom. The SMILES string of the molecule is CC(C)C(OS(=O)(=O)C1CC1c1cccc([N+](=O)[O-])c1)C(C)C. The molecule has 1 aliphatic carbocycles. The molecular formula is C16H23NO5S. The average molecular weight is 341 g/mol. The lowest BCUT2D eigenvalue weighted by Crippen LogP contribution is -2.30. The first kappa shape index (κ1) is 17.9. The van der Waals surface area contributed by atoms with Crippen LogP contribution in [-0.4, -0.2) is 24.7 Å². The Morgan fingerprint density at radius 3 is 2.35 bits per heavy atom. The van der Waals surface area contributed by atoms with E-state index in [1.807, 2.05) is 27.7 Å². The van der Waals surface area contributed by atoms with Gasteiger partial charge in [-0.15, -0.1) is 0 Å². The number of nitro groups is 1. The molecule has 0 saturated heterocycles. The number of hydrogen-bond donors (Lipinski definition) is 0. The molecule has 0 spiro atoms. The Morgan fingerprint density at radius 1 is 1.22 bits per heavy atom. The van der Waals surface area contributed by atoms with E-state index in [0.717, 1.165) is 0 Å². The maximum Gasteiger partial charge on any atom is 0.271 e. The molecule has 0 bridgehead atoms. The lowest BCUT2D eigenvalue weighted by Gasteiger charge is -2.24. The zero-order valence-electron chi connectivity index (χ0n) is 13.8. The summed E-state index contributed by atoms with van der Waals surface area (Å²) >= 11 is 0. The van der Waals surface area contributed by atoms with E-state index >= 15 is 0 Å². The van der Waals surface area contributed by atoms with Gasteiger partial charge in [0.25, 0.3) is 15.8 Å². The largest absolute Gasteiger partial charge is 0.271 e. The normalized spacial score (nSPS) is 21.2. The molecule has 0 radical (unpaired) electrons. The third kappa shape index (κ3) is 4.09. The van der Waals surface area contributed by atoms with Gasteiger partial charge in [0.2, 0.25) is 0 Å². The average Bonchev–Trinajstić information content (AvgIpc) is 3.25. The van der Waals surface area contributed by atoms with Crippen molar-refractivity contribution in [3.63, 3.8) is 0 Å². The molecule has 6 nitrogen and oxygen atoms in total. The van der Waals surface area contributed by atoms with Gasteiger partial charge >= 0.3 is 0 Å². The standard InChI is InChI=1S/C16H23NO5S/c1-10(2)16(11(3)4)22-23(20,21)15-9-14(15)12-6-5-7-13(8-12)17(18)19/h5-8,10-11,14-16H,9H2,1-4H3. The van der Waals surface area contributed by atoms with Crippen molar-refractivity contribution in [2.45, 2.75) is 51.4 Å². The predicted molar refractivity (Wildman–Crippen MR) is 87.7 cm³/mol. The summed E-state index contributed by atoms with van der Waals surface area (Å²) in [7, 11) is -3.68. The summed E-state index contributed by atoms with van der Waals surface area (Å²) in [6.07, 6.45) is 0.0956. The smallest absolute Gasteiger partial charge is 0.266 e. The summed E-state index contributed by atoms with van der Waals surface area (Å²) in [5, 5.41) is 10.2. The van der Waals surface area contributed by atoms with Crippen molar-refractivity contribution in [2.75, 3.05) is 0 Å². The molecule has 0 heterocycles. The molecule has 0 aliphatic heterocycles. The van der Waals surface area contributed by atoms with Crippen LogP contribution in [0.25, 0.3) is 0 Å². The van der Waals surface area contributed by atoms with Crippen molar-refractivity contribution in [3.05, 3.63) is 39.9 Å². The first-order valence-electron chi connectivity index (χ1n) is 7.80. The van der Waals surface area contributed by atoms with Gasteiger partial charge in [0.05, 0.1) is 16.3 Å². The van der Waals surface area contributed by atoms with E-state index in [1.165, 1.54) is 12.1 Å². The first-order chi connectivity index (χ1) is 10.6. The van der Waals surface area contributed by atoms with Gasteiger partial charge < -0.3 is 0 Å². The highest BCUT2D eigenvalue weighted by Gasteiger charge is 2.50. The van der Waals surface area contributed by atoms with Crippen LogP contribution in [0, 0.1) is 22.0 Å². The Kier molecular flexibility index (Phi) is 5.10. The molecule has 0 N–H and O–H groups in total. The van der Waals surface area contributed by atoms with Crippen LogP contribution in [-0.2, 0) is 14.3 Å².